The van der Waals surface area contributed by atoms with Gasteiger partial charge in [-0.25, -0.2) is 9.59 Å². The van der Waals surface area contributed by atoms with Crippen molar-refractivity contribution in [1.82, 2.24) is 0 Å². The molecule has 0 aliphatic heterocycles. The van der Waals surface area contributed by atoms with Crippen molar-refractivity contribution >= 4 is 17.9 Å². The predicted octanol–water partition coefficient (Wildman–Crippen LogP) is 8.05. The maximum absolute atomic E-state index is 12.2. The highest BCUT2D eigenvalue weighted by Crippen LogP contribution is 2.32. The molecule has 0 heterocycles. The number of carbonyl (C=O) groups excluding carboxylic acids is 1. The van der Waals surface area contributed by atoms with Gasteiger partial charge in [0.1, 0.15) is 6.04 Å². The molecule has 7 heteroatoms. The summed E-state index contributed by atoms with van der Waals surface area (Å²) in [4.78, 5) is 36.7. The van der Waals surface area contributed by atoms with Gasteiger partial charge in [-0.05, 0) is 38.5 Å². The van der Waals surface area contributed by atoms with E-state index in [9.17, 15) is 29.7 Å². The van der Waals surface area contributed by atoms with Crippen LogP contribution in [0.3, 0.4) is 0 Å². The molecule has 0 amide bonds. The van der Waals surface area contributed by atoms with Crippen molar-refractivity contribution in [2.45, 2.75) is 187 Å². The van der Waals surface area contributed by atoms with Crippen molar-refractivity contribution in [1.29, 1.82) is 0 Å². The van der Waals surface area contributed by atoms with Crippen LogP contribution in [0.1, 0.15) is 169 Å². The smallest absolute Gasteiger partial charge is 0.362 e. The van der Waals surface area contributed by atoms with Crippen LogP contribution in [-0.4, -0.2) is 57.3 Å². The van der Waals surface area contributed by atoms with Crippen LogP contribution in [0.15, 0.2) is 12.2 Å². The number of nitrogens with zero attached hydrogens (tertiary/aromatic N) is 1. The minimum absolute atomic E-state index is 0.123. The summed E-state index contributed by atoms with van der Waals surface area (Å²) in [6, 6.07) is -3.41. The monoisotopic (exact) mass is 595 g/mol. The van der Waals surface area contributed by atoms with Gasteiger partial charge in [0.05, 0.1) is 12.5 Å². The molecule has 0 spiro atoms. The van der Waals surface area contributed by atoms with E-state index in [0.717, 1.165) is 25.7 Å². The van der Waals surface area contributed by atoms with Crippen LogP contribution in [0.25, 0.3) is 0 Å². The minimum atomic E-state index is -1.37. The third-order valence-electron chi connectivity index (χ3n) is 9.05. The lowest BCUT2D eigenvalue weighted by Gasteiger charge is -2.51. The molecule has 0 bridgehead atoms. The van der Waals surface area contributed by atoms with Crippen molar-refractivity contribution in [2.24, 2.45) is 0 Å². The van der Waals surface area contributed by atoms with Gasteiger partial charge in [-0.3, -0.25) is 4.48 Å². The Kier molecular flexibility index (Phi) is 24.4. The van der Waals surface area contributed by atoms with Gasteiger partial charge in [0.2, 0.25) is 0 Å². The van der Waals surface area contributed by atoms with Gasteiger partial charge >= 0.3 is 11.9 Å². The first-order valence-electron chi connectivity index (χ1n) is 17.4. The molecule has 0 aromatic heterocycles. The van der Waals surface area contributed by atoms with Gasteiger partial charge in [0.15, 0.2) is 12.1 Å². The van der Waals surface area contributed by atoms with Gasteiger partial charge in [-0.15, -0.1) is 0 Å². The molecule has 2 N–H and O–H groups in total. The number of carboxylic acids is 3. The fourth-order valence-corrected chi connectivity index (χ4v) is 6.78. The Morgan fingerprint density at radius 2 is 0.881 bits per heavy atom. The van der Waals surface area contributed by atoms with E-state index >= 15 is 0 Å². The second-order valence-corrected chi connectivity index (χ2v) is 12.2. The van der Waals surface area contributed by atoms with Crippen molar-refractivity contribution in [3.63, 3.8) is 0 Å². The van der Waals surface area contributed by atoms with Crippen LogP contribution >= 0.6 is 0 Å². The van der Waals surface area contributed by atoms with Crippen LogP contribution in [0, 0.1) is 0 Å². The zero-order valence-corrected chi connectivity index (χ0v) is 27.6. The highest BCUT2D eigenvalue weighted by molar-refractivity contribution is 5.77. The number of quaternary nitrogens is 1. The SMILES string of the molecule is CCCCCCCCCCCCCCCC/C=C/CCCCC[N+](C(CC)C(=O)[O-])(C(CC)C(=O)O)C(CC)C(=O)O. The van der Waals surface area contributed by atoms with E-state index in [4.69, 9.17) is 0 Å². The van der Waals surface area contributed by atoms with Crippen LogP contribution < -0.4 is 5.11 Å². The lowest BCUT2D eigenvalue weighted by Crippen LogP contribution is -2.73. The molecule has 3 atom stereocenters. The van der Waals surface area contributed by atoms with Crippen LogP contribution in [-0.2, 0) is 14.4 Å². The average molecular weight is 596 g/mol. The Labute approximate surface area is 257 Å². The van der Waals surface area contributed by atoms with Gasteiger partial charge in [0, 0.05) is 19.3 Å². The van der Waals surface area contributed by atoms with Crippen molar-refractivity contribution in [3.05, 3.63) is 12.2 Å². The maximum atomic E-state index is 12.2. The van der Waals surface area contributed by atoms with Crippen LogP contribution in [0.5, 0.6) is 0 Å². The minimum Gasteiger partial charge on any atom is -0.544 e. The molecule has 0 aromatic rings. The first-order chi connectivity index (χ1) is 20.2. The highest BCUT2D eigenvalue weighted by Gasteiger charge is 2.53. The Bertz CT molecular complexity index is 682. The zero-order valence-electron chi connectivity index (χ0n) is 27.6. The van der Waals surface area contributed by atoms with Crippen molar-refractivity contribution < 1.29 is 34.2 Å². The molecule has 7 nitrogen and oxygen atoms in total. The van der Waals surface area contributed by atoms with Crippen molar-refractivity contribution in [2.75, 3.05) is 6.54 Å². The van der Waals surface area contributed by atoms with E-state index in [1.165, 1.54) is 89.9 Å². The molecule has 0 rings (SSSR count). The molecule has 0 aliphatic carbocycles. The summed E-state index contributed by atoms with van der Waals surface area (Å²) in [5, 5.41) is 32.2. The maximum Gasteiger partial charge on any atom is 0.362 e. The zero-order chi connectivity index (χ0) is 31.6. The summed E-state index contributed by atoms with van der Waals surface area (Å²) >= 11 is 0. The lowest BCUT2D eigenvalue weighted by atomic mass is 9.94. The number of unbranched alkanes of at least 4 members (excludes halogenated alkanes) is 17. The number of allylic oxidation sites excluding steroid dienone is 2. The number of hydrogen-bond donors (Lipinski definition) is 2. The molecular weight excluding hydrogens is 530 g/mol. The Balaban J connectivity index is 4.42. The summed E-state index contributed by atoms with van der Waals surface area (Å²) < 4.78 is -0.481. The first kappa shape index (κ1) is 40.1. The summed E-state index contributed by atoms with van der Waals surface area (Å²) in [6.45, 7) is 7.50. The molecule has 3 unspecified atom stereocenters. The van der Waals surface area contributed by atoms with Gasteiger partial charge in [0.25, 0.3) is 0 Å². The fourth-order valence-electron chi connectivity index (χ4n) is 6.78. The lowest BCUT2D eigenvalue weighted by molar-refractivity contribution is -0.974. The molecule has 246 valence electrons. The summed E-state index contributed by atoms with van der Waals surface area (Å²) in [5.74, 6) is -3.67. The van der Waals surface area contributed by atoms with Crippen molar-refractivity contribution in [3.8, 4) is 0 Å². The second kappa shape index (κ2) is 25.6. The molecule has 0 saturated carbocycles. The molecule has 0 aliphatic rings. The van der Waals surface area contributed by atoms with E-state index in [0.29, 0.717) is 6.42 Å². The third kappa shape index (κ3) is 15.5. The molecule has 0 radical (unpaired) electrons. The van der Waals surface area contributed by atoms with E-state index in [-0.39, 0.29) is 25.8 Å². The standard InChI is InChI=1S/C35H65NO6/c1-5-9-10-11-12-13-14-15-16-17-18-19-20-21-22-23-24-25-26-27-28-29-36(30(6-2)33(37)38,31(7-3)34(39)40)32(8-4)35(41)42/h23-24,30-32H,5-22,25-29H2,1-4H3,(H2-,37,38,39,40,41,42)/b24-23+. The number of rotatable bonds is 30. The average Bonchev–Trinajstić information content (AvgIpc) is 2.94. The highest BCUT2D eigenvalue weighted by atomic mass is 16.4. The molecule has 0 saturated heterocycles. The van der Waals surface area contributed by atoms with E-state index in [1.54, 1.807) is 20.8 Å². The van der Waals surface area contributed by atoms with Gasteiger partial charge in [-0.2, -0.15) is 0 Å². The Morgan fingerprint density at radius 3 is 1.19 bits per heavy atom. The Morgan fingerprint density at radius 1 is 0.548 bits per heavy atom. The third-order valence-corrected chi connectivity index (χ3v) is 9.05. The topological polar surface area (TPSA) is 115 Å². The fraction of sp³-hybridized carbons (Fsp3) is 0.857. The van der Waals surface area contributed by atoms with Crippen LogP contribution in [0.2, 0.25) is 0 Å². The Hall–Kier alpha value is -1.89. The normalized spacial score (nSPS) is 15.3. The van der Waals surface area contributed by atoms with E-state index in [1.807, 2.05) is 0 Å². The van der Waals surface area contributed by atoms with E-state index in [2.05, 4.69) is 19.1 Å². The number of hydrogen-bond acceptors (Lipinski definition) is 4. The summed E-state index contributed by atoms with van der Waals surface area (Å²) in [6.07, 6.45) is 28.2. The quantitative estimate of drug-likeness (QED) is 0.0493. The number of carbonyl (C=O) groups is 3. The van der Waals surface area contributed by atoms with Gasteiger partial charge in [-0.1, -0.05) is 123 Å². The largest absolute Gasteiger partial charge is 0.544 e. The summed E-state index contributed by atoms with van der Waals surface area (Å²) in [7, 11) is 0. The van der Waals surface area contributed by atoms with Gasteiger partial charge < -0.3 is 20.1 Å². The second-order valence-electron chi connectivity index (χ2n) is 12.2. The van der Waals surface area contributed by atoms with E-state index < -0.39 is 40.5 Å². The molecule has 0 fully saturated rings. The first-order valence-corrected chi connectivity index (χ1v) is 17.4. The number of carboxylic acid groups (broad SMARTS) is 3. The number of aliphatic carboxylic acids is 3. The molecule has 0 aromatic carbocycles. The van der Waals surface area contributed by atoms with Crippen LogP contribution in [0.4, 0.5) is 0 Å². The predicted molar refractivity (Wildman–Crippen MR) is 170 cm³/mol. The molecular formula is C35H65NO6. The molecule has 42 heavy (non-hydrogen) atoms. The summed E-state index contributed by atoms with van der Waals surface area (Å²) in [5.41, 5.74) is 0.